The Morgan fingerprint density at radius 3 is 2.56 bits per heavy atom. The number of rotatable bonds is 2. The van der Waals surface area contributed by atoms with Crippen molar-refractivity contribution in [2.45, 2.75) is 12.7 Å². The molecular formula is C9H9F3N2O2. The van der Waals surface area contributed by atoms with Gasteiger partial charge in [-0.25, -0.2) is 9.78 Å². The van der Waals surface area contributed by atoms with Crippen molar-refractivity contribution in [1.29, 1.82) is 0 Å². The SMILES string of the molecule is COC(=O)c1cc(CN)cc(C(F)(F)F)n1. The average molecular weight is 234 g/mol. The van der Waals surface area contributed by atoms with Crippen LogP contribution in [0.5, 0.6) is 0 Å². The number of halogens is 3. The van der Waals surface area contributed by atoms with E-state index in [2.05, 4.69) is 9.72 Å². The smallest absolute Gasteiger partial charge is 0.433 e. The fourth-order valence-electron chi connectivity index (χ4n) is 1.06. The van der Waals surface area contributed by atoms with Crippen LogP contribution in [0.1, 0.15) is 21.7 Å². The Hall–Kier alpha value is -1.63. The number of nitrogens with two attached hydrogens (primary N) is 1. The number of methoxy groups -OCH3 is 1. The molecule has 2 N–H and O–H groups in total. The summed E-state index contributed by atoms with van der Waals surface area (Å²) in [5.74, 6) is -0.930. The van der Waals surface area contributed by atoms with Crippen molar-refractivity contribution >= 4 is 5.97 Å². The van der Waals surface area contributed by atoms with Crippen molar-refractivity contribution in [1.82, 2.24) is 4.98 Å². The number of hydrogen-bond donors (Lipinski definition) is 1. The highest BCUT2D eigenvalue weighted by Crippen LogP contribution is 2.28. The Balaban J connectivity index is 3.27. The van der Waals surface area contributed by atoms with Gasteiger partial charge in [-0.3, -0.25) is 0 Å². The first-order valence-electron chi connectivity index (χ1n) is 4.25. The molecule has 4 nitrogen and oxygen atoms in total. The molecule has 0 spiro atoms. The minimum Gasteiger partial charge on any atom is -0.464 e. The van der Waals surface area contributed by atoms with Crippen LogP contribution in [0.4, 0.5) is 13.2 Å². The van der Waals surface area contributed by atoms with Crippen LogP contribution in [-0.4, -0.2) is 18.1 Å². The zero-order valence-corrected chi connectivity index (χ0v) is 8.34. The molecule has 1 heterocycles. The summed E-state index contributed by atoms with van der Waals surface area (Å²) in [6, 6.07) is 1.97. The first-order valence-corrected chi connectivity index (χ1v) is 4.25. The van der Waals surface area contributed by atoms with E-state index in [1.807, 2.05) is 0 Å². The van der Waals surface area contributed by atoms with Crippen LogP contribution in [-0.2, 0) is 17.5 Å². The number of alkyl halides is 3. The lowest BCUT2D eigenvalue weighted by atomic mass is 10.2. The van der Waals surface area contributed by atoms with Crippen molar-refractivity contribution in [3.63, 3.8) is 0 Å². The molecule has 7 heteroatoms. The fraction of sp³-hybridized carbons (Fsp3) is 0.333. The molecule has 0 atom stereocenters. The third kappa shape index (κ3) is 2.69. The predicted molar refractivity (Wildman–Crippen MR) is 48.5 cm³/mol. The number of carbonyl (C=O) groups is 1. The molecule has 0 unspecified atom stereocenters. The maximum absolute atomic E-state index is 12.4. The Morgan fingerprint density at radius 1 is 1.50 bits per heavy atom. The molecule has 0 bridgehead atoms. The Kier molecular flexibility index (Phi) is 3.48. The molecule has 0 fully saturated rings. The Labute approximate surface area is 89.2 Å². The summed E-state index contributed by atoms with van der Waals surface area (Å²) >= 11 is 0. The van der Waals surface area contributed by atoms with Gasteiger partial charge in [-0.15, -0.1) is 0 Å². The van der Waals surface area contributed by atoms with Gasteiger partial charge in [0.25, 0.3) is 0 Å². The largest absolute Gasteiger partial charge is 0.464 e. The molecule has 0 radical (unpaired) electrons. The van der Waals surface area contributed by atoms with E-state index >= 15 is 0 Å². The normalized spacial score (nSPS) is 11.3. The Morgan fingerprint density at radius 2 is 2.12 bits per heavy atom. The minimum absolute atomic E-state index is 0.115. The summed E-state index contributed by atoms with van der Waals surface area (Å²) in [5.41, 5.74) is 3.83. The number of pyridine rings is 1. The lowest BCUT2D eigenvalue weighted by molar-refractivity contribution is -0.141. The molecule has 0 aromatic carbocycles. The highest BCUT2D eigenvalue weighted by Gasteiger charge is 2.33. The first-order chi connectivity index (χ1) is 7.38. The maximum atomic E-state index is 12.4. The van der Waals surface area contributed by atoms with Gasteiger partial charge in [0, 0.05) is 6.54 Å². The molecule has 1 aromatic heterocycles. The van der Waals surface area contributed by atoms with Gasteiger partial charge in [-0.2, -0.15) is 13.2 Å². The summed E-state index contributed by atoms with van der Waals surface area (Å²) in [7, 11) is 1.06. The summed E-state index contributed by atoms with van der Waals surface area (Å²) in [6.07, 6.45) is -4.62. The molecule has 0 aliphatic rings. The highest BCUT2D eigenvalue weighted by atomic mass is 19.4. The van der Waals surface area contributed by atoms with Gasteiger partial charge in [0.1, 0.15) is 11.4 Å². The number of esters is 1. The minimum atomic E-state index is -4.62. The molecule has 0 aliphatic heterocycles. The third-order valence-corrected chi connectivity index (χ3v) is 1.81. The van der Waals surface area contributed by atoms with E-state index in [1.54, 1.807) is 0 Å². The van der Waals surface area contributed by atoms with Crippen molar-refractivity contribution in [2.24, 2.45) is 5.73 Å². The van der Waals surface area contributed by atoms with Crippen LogP contribution in [0.15, 0.2) is 12.1 Å². The second-order valence-electron chi connectivity index (χ2n) is 2.94. The lowest BCUT2D eigenvalue weighted by Gasteiger charge is -2.09. The second kappa shape index (κ2) is 4.48. The van der Waals surface area contributed by atoms with Gasteiger partial charge >= 0.3 is 12.1 Å². The summed E-state index contributed by atoms with van der Waals surface area (Å²) in [5, 5.41) is 0. The lowest BCUT2D eigenvalue weighted by Crippen LogP contribution is -2.14. The third-order valence-electron chi connectivity index (χ3n) is 1.81. The maximum Gasteiger partial charge on any atom is 0.433 e. The monoisotopic (exact) mass is 234 g/mol. The second-order valence-corrected chi connectivity index (χ2v) is 2.94. The topological polar surface area (TPSA) is 65.2 Å². The standard InChI is InChI=1S/C9H9F3N2O2/c1-16-8(15)6-2-5(4-13)3-7(14-6)9(10,11)12/h2-3H,4,13H2,1H3. The van der Waals surface area contributed by atoms with E-state index in [0.29, 0.717) is 0 Å². The van der Waals surface area contributed by atoms with Crippen LogP contribution < -0.4 is 5.73 Å². The molecule has 0 aliphatic carbocycles. The van der Waals surface area contributed by atoms with E-state index in [1.165, 1.54) is 6.07 Å². The number of nitrogens with zero attached hydrogens (tertiary/aromatic N) is 1. The zero-order valence-electron chi connectivity index (χ0n) is 8.34. The molecule has 1 aromatic rings. The van der Waals surface area contributed by atoms with Crippen LogP contribution in [0.3, 0.4) is 0 Å². The Bertz CT molecular complexity index is 404. The fourth-order valence-corrected chi connectivity index (χ4v) is 1.06. The first kappa shape index (κ1) is 12.4. The molecule has 0 amide bonds. The van der Waals surface area contributed by atoms with E-state index in [9.17, 15) is 18.0 Å². The molecule has 16 heavy (non-hydrogen) atoms. The number of carbonyl (C=O) groups excluding carboxylic acids is 1. The molecular weight excluding hydrogens is 225 g/mol. The van der Waals surface area contributed by atoms with E-state index in [-0.39, 0.29) is 12.1 Å². The van der Waals surface area contributed by atoms with Gasteiger partial charge in [0.2, 0.25) is 0 Å². The van der Waals surface area contributed by atoms with Gasteiger partial charge in [-0.05, 0) is 17.7 Å². The van der Waals surface area contributed by atoms with E-state index < -0.39 is 23.5 Å². The van der Waals surface area contributed by atoms with Gasteiger partial charge in [0.05, 0.1) is 7.11 Å². The average Bonchev–Trinajstić information content (AvgIpc) is 2.26. The van der Waals surface area contributed by atoms with Gasteiger partial charge in [-0.1, -0.05) is 0 Å². The quantitative estimate of drug-likeness (QED) is 0.784. The van der Waals surface area contributed by atoms with E-state index in [0.717, 1.165) is 13.2 Å². The van der Waals surface area contributed by atoms with Crippen LogP contribution in [0.25, 0.3) is 0 Å². The van der Waals surface area contributed by atoms with Crippen molar-refractivity contribution in [3.8, 4) is 0 Å². The molecule has 0 saturated carbocycles. The van der Waals surface area contributed by atoms with Gasteiger partial charge < -0.3 is 10.5 Å². The zero-order chi connectivity index (χ0) is 12.3. The number of ether oxygens (including phenoxy) is 1. The van der Waals surface area contributed by atoms with Crippen molar-refractivity contribution in [3.05, 3.63) is 29.1 Å². The predicted octanol–water partition coefficient (Wildman–Crippen LogP) is 1.35. The van der Waals surface area contributed by atoms with Crippen molar-refractivity contribution < 1.29 is 22.7 Å². The van der Waals surface area contributed by atoms with Crippen LogP contribution >= 0.6 is 0 Å². The summed E-state index contributed by atoms with van der Waals surface area (Å²) in [4.78, 5) is 14.2. The van der Waals surface area contributed by atoms with Crippen LogP contribution in [0.2, 0.25) is 0 Å². The molecule has 0 saturated heterocycles. The number of aromatic nitrogens is 1. The van der Waals surface area contributed by atoms with Crippen LogP contribution in [0, 0.1) is 0 Å². The van der Waals surface area contributed by atoms with E-state index in [4.69, 9.17) is 5.73 Å². The number of hydrogen-bond acceptors (Lipinski definition) is 4. The van der Waals surface area contributed by atoms with Gasteiger partial charge in [0.15, 0.2) is 0 Å². The summed E-state index contributed by atoms with van der Waals surface area (Å²) in [6.45, 7) is -0.115. The highest BCUT2D eigenvalue weighted by molar-refractivity contribution is 5.87. The van der Waals surface area contributed by atoms with Crippen molar-refractivity contribution in [2.75, 3.05) is 7.11 Å². The molecule has 1 rings (SSSR count). The summed E-state index contributed by atoms with van der Waals surface area (Å²) < 4.78 is 41.5. The molecule has 88 valence electrons.